The summed E-state index contributed by atoms with van der Waals surface area (Å²) in [7, 11) is 4.01. The molecule has 5 nitrogen and oxygen atoms in total. The standard InChI is InChI=1S/C20H29N3O2/c1-13(2)23(20(25)15-7-8-15)12-16-11-17(9-10-18(16)22(3)4)21-19(24)14-5-6-14/h9-11,13-15H,5-8,12H2,1-4H3,(H,21,24). The topological polar surface area (TPSA) is 52.7 Å². The number of carbonyl (C=O) groups is 2. The van der Waals surface area contributed by atoms with Gasteiger partial charge in [-0.05, 0) is 63.3 Å². The monoisotopic (exact) mass is 343 g/mol. The molecule has 0 radical (unpaired) electrons. The Morgan fingerprint density at radius 2 is 1.76 bits per heavy atom. The largest absolute Gasteiger partial charge is 0.377 e. The molecule has 0 aliphatic heterocycles. The molecular formula is C20H29N3O2. The first kappa shape index (κ1) is 17.8. The number of hydrogen-bond acceptors (Lipinski definition) is 3. The van der Waals surface area contributed by atoms with E-state index >= 15 is 0 Å². The quantitative estimate of drug-likeness (QED) is 0.827. The highest BCUT2D eigenvalue weighted by Gasteiger charge is 2.35. The van der Waals surface area contributed by atoms with Gasteiger partial charge in [0.15, 0.2) is 0 Å². The first-order chi connectivity index (χ1) is 11.9. The molecule has 0 bridgehead atoms. The lowest BCUT2D eigenvalue weighted by Gasteiger charge is -2.29. The smallest absolute Gasteiger partial charge is 0.227 e. The summed E-state index contributed by atoms with van der Waals surface area (Å²) in [5, 5.41) is 3.02. The Hall–Kier alpha value is -2.04. The number of nitrogens with one attached hydrogen (secondary N) is 1. The van der Waals surface area contributed by atoms with E-state index in [4.69, 9.17) is 0 Å². The van der Waals surface area contributed by atoms with Gasteiger partial charge in [-0.1, -0.05) is 0 Å². The lowest BCUT2D eigenvalue weighted by molar-refractivity contribution is -0.135. The van der Waals surface area contributed by atoms with Gasteiger partial charge in [-0.15, -0.1) is 0 Å². The van der Waals surface area contributed by atoms with Crippen molar-refractivity contribution in [2.45, 2.75) is 52.1 Å². The van der Waals surface area contributed by atoms with Gasteiger partial charge in [-0.25, -0.2) is 0 Å². The van der Waals surface area contributed by atoms with E-state index in [0.717, 1.165) is 42.6 Å². The highest BCUT2D eigenvalue weighted by Crippen LogP contribution is 2.34. The second-order valence-corrected chi connectivity index (χ2v) is 7.84. The maximum absolute atomic E-state index is 12.6. The normalized spacial score (nSPS) is 16.7. The van der Waals surface area contributed by atoms with Crippen molar-refractivity contribution in [2.75, 3.05) is 24.3 Å². The average molecular weight is 343 g/mol. The minimum absolute atomic E-state index is 0.110. The van der Waals surface area contributed by atoms with Crippen LogP contribution >= 0.6 is 0 Å². The minimum Gasteiger partial charge on any atom is -0.377 e. The third-order valence-electron chi connectivity index (χ3n) is 4.95. The van der Waals surface area contributed by atoms with Gasteiger partial charge in [0.1, 0.15) is 0 Å². The van der Waals surface area contributed by atoms with Gasteiger partial charge in [0.05, 0.1) is 0 Å². The maximum Gasteiger partial charge on any atom is 0.227 e. The van der Waals surface area contributed by atoms with E-state index < -0.39 is 0 Å². The molecule has 0 spiro atoms. The van der Waals surface area contributed by atoms with Crippen molar-refractivity contribution in [1.29, 1.82) is 0 Å². The fourth-order valence-electron chi connectivity index (χ4n) is 3.08. The molecule has 2 fully saturated rings. The second kappa shape index (κ2) is 7.06. The molecule has 5 heteroatoms. The van der Waals surface area contributed by atoms with Crippen LogP contribution in [0, 0.1) is 11.8 Å². The summed E-state index contributed by atoms with van der Waals surface area (Å²) in [5.74, 6) is 0.758. The van der Waals surface area contributed by atoms with Crippen LogP contribution in [0.4, 0.5) is 11.4 Å². The highest BCUT2D eigenvalue weighted by molar-refractivity contribution is 5.94. The molecule has 2 saturated carbocycles. The Balaban J connectivity index is 1.82. The molecule has 2 aliphatic carbocycles. The van der Waals surface area contributed by atoms with E-state index in [2.05, 4.69) is 24.1 Å². The SMILES string of the molecule is CC(C)N(Cc1cc(NC(=O)C2CC2)ccc1N(C)C)C(=O)C1CC1. The fourth-order valence-corrected chi connectivity index (χ4v) is 3.08. The number of hydrogen-bond donors (Lipinski definition) is 1. The molecule has 0 unspecified atom stereocenters. The summed E-state index contributed by atoms with van der Waals surface area (Å²) in [5.41, 5.74) is 2.97. The summed E-state index contributed by atoms with van der Waals surface area (Å²) in [6, 6.07) is 6.15. The molecule has 2 amide bonds. The predicted octanol–water partition coefficient (Wildman–Crippen LogP) is 3.25. The van der Waals surface area contributed by atoms with Crippen molar-refractivity contribution in [3.05, 3.63) is 23.8 Å². The summed E-state index contributed by atoms with van der Waals surface area (Å²) in [6.45, 7) is 4.70. The van der Waals surface area contributed by atoms with Crippen LogP contribution in [0.25, 0.3) is 0 Å². The second-order valence-electron chi connectivity index (χ2n) is 7.84. The number of rotatable bonds is 7. The Kier molecular flexibility index (Phi) is 5.02. The summed E-state index contributed by atoms with van der Waals surface area (Å²) >= 11 is 0. The molecule has 1 aromatic carbocycles. The Bertz CT molecular complexity index is 661. The van der Waals surface area contributed by atoms with E-state index in [1.807, 2.05) is 37.2 Å². The van der Waals surface area contributed by atoms with Crippen molar-refractivity contribution in [3.63, 3.8) is 0 Å². The molecule has 3 rings (SSSR count). The summed E-state index contributed by atoms with van der Waals surface area (Å²) in [6.07, 6.45) is 4.01. The Morgan fingerprint density at radius 3 is 2.28 bits per heavy atom. The minimum atomic E-state index is 0.110. The summed E-state index contributed by atoms with van der Waals surface area (Å²) < 4.78 is 0. The number of benzene rings is 1. The summed E-state index contributed by atoms with van der Waals surface area (Å²) in [4.78, 5) is 28.7. The molecule has 1 N–H and O–H groups in total. The molecule has 0 heterocycles. The molecule has 2 aliphatic rings. The van der Waals surface area contributed by atoms with E-state index in [1.165, 1.54) is 0 Å². The third-order valence-corrected chi connectivity index (χ3v) is 4.95. The van der Waals surface area contributed by atoms with Crippen molar-refractivity contribution in [3.8, 4) is 0 Å². The molecular weight excluding hydrogens is 314 g/mol. The van der Waals surface area contributed by atoms with Crippen LogP contribution in [0.15, 0.2) is 18.2 Å². The van der Waals surface area contributed by atoms with Crippen LogP contribution in [0.5, 0.6) is 0 Å². The fraction of sp³-hybridized carbons (Fsp3) is 0.600. The number of amides is 2. The zero-order chi connectivity index (χ0) is 18.1. The molecule has 1 aromatic rings. The number of nitrogens with zero attached hydrogens (tertiary/aromatic N) is 2. The van der Waals surface area contributed by atoms with Gasteiger partial charge in [0.25, 0.3) is 0 Å². The molecule has 0 atom stereocenters. The lowest BCUT2D eigenvalue weighted by Crippen LogP contribution is -2.37. The zero-order valence-corrected chi connectivity index (χ0v) is 15.7. The van der Waals surface area contributed by atoms with Crippen LogP contribution in [-0.2, 0) is 16.1 Å². The van der Waals surface area contributed by atoms with Crippen LogP contribution in [0.2, 0.25) is 0 Å². The van der Waals surface area contributed by atoms with Crippen molar-refractivity contribution in [2.24, 2.45) is 11.8 Å². The molecule has 25 heavy (non-hydrogen) atoms. The third kappa shape index (κ3) is 4.33. The Labute approximate surface area is 150 Å². The molecule has 0 saturated heterocycles. The van der Waals surface area contributed by atoms with E-state index in [-0.39, 0.29) is 29.7 Å². The Morgan fingerprint density at radius 1 is 1.12 bits per heavy atom. The van der Waals surface area contributed by atoms with Crippen LogP contribution in [-0.4, -0.2) is 36.9 Å². The molecule has 136 valence electrons. The van der Waals surface area contributed by atoms with E-state index in [0.29, 0.717) is 6.54 Å². The van der Waals surface area contributed by atoms with Gasteiger partial charge in [-0.2, -0.15) is 0 Å². The highest BCUT2D eigenvalue weighted by atomic mass is 16.2. The first-order valence-electron chi connectivity index (χ1n) is 9.28. The van der Waals surface area contributed by atoms with E-state index in [1.54, 1.807) is 0 Å². The van der Waals surface area contributed by atoms with Crippen molar-refractivity contribution >= 4 is 23.2 Å². The van der Waals surface area contributed by atoms with Gasteiger partial charge >= 0.3 is 0 Å². The number of anilines is 2. The lowest BCUT2D eigenvalue weighted by atomic mass is 10.1. The average Bonchev–Trinajstić information content (AvgIpc) is 3.43. The number of carbonyl (C=O) groups excluding carboxylic acids is 2. The van der Waals surface area contributed by atoms with Gasteiger partial charge in [-0.3, -0.25) is 9.59 Å². The zero-order valence-electron chi connectivity index (χ0n) is 15.7. The van der Waals surface area contributed by atoms with Crippen molar-refractivity contribution < 1.29 is 9.59 Å². The van der Waals surface area contributed by atoms with E-state index in [9.17, 15) is 9.59 Å². The van der Waals surface area contributed by atoms with Crippen LogP contribution in [0.3, 0.4) is 0 Å². The van der Waals surface area contributed by atoms with Gasteiger partial charge in [0.2, 0.25) is 11.8 Å². The van der Waals surface area contributed by atoms with Gasteiger partial charge < -0.3 is 15.1 Å². The maximum atomic E-state index is 12.6. The first-order valence-corrected chi connectivity index (χ1v) is 9.28. The van der Waals surface area contributed by atoms with Crippen LogP contribution < -0.4 is 10.2 Å². The van der Waals surface area contributed by atoms with Gasteiger partial charge in [0, 0.05) is 49.9 Å². The molecule has 0 aromatic heterocycles. The predicted molar refractivity (Wildman–Crippen MR) is 101 cm³/mol. The van der Waals surface area contributed by atoms with Crippen LogP contribution in [0.1, 0.15) is 45.1 Å². The van der Waals surface area contributed by atoms with Crippen molar-refractivity contribution in [1.82, 2.24) is 4.90 Å².